The third-order valence-electron chi connectivity index (χ3n) is 4.94. The third-order valence-corrected chi connectivity index (χ3v) is 4.94. The maximum atomic E-state index is 12.9. The molecule has 0 aliphatic carbocycles. The van der Waals surface area contributed by atoms with Gasteiger partial charge in [0.05, 0.1) is 5.69 Å². The smallest absolute Gasteiger partial charge is 0.420 e. The van der Waals surface area contributed by atoms with Crippen LogP contribution in [0.15, 0.2) is 48.7 Å². The number of hydrogen-bond acceptors (Lipinski definition) is 4. The Balaban J connectivity index is 1.86. The van der Waals surface area contributed by atoms with Crippen LogP contribution >= 0.6 is 0 Å². The van der Waals surface area contributed by atoms with Crippen molar-refractivity contribution in [2.75, 3.05) is 18.0 Å². The van der Waals surface area contributed by atoms with Crippen molar-refractivity contribution in [2.45, 2.75) is 59.1 Å². The average molecular weight is 396 g/mol. The quantitative estimate of drug-likeness (QED) is 0.628. The van der Waals surface area contributed by atoms with Gasteiger partial charge in [-0.2, -0.15) is 0 Å². The van der Waals surface area contributed by atoms with Gasteiger partial charge < -0.3 is 4.74 Å². The maximum Gasteiger partial charge on any atom is 0.420 e. The minimum absolute atomic E-state index is 0.408. The van der Waals surface area contributed by atoms with Crippen molar-refractivity contribution in [3.8, 4) is 0 Å². The summed E-state index contributed by atoms with van der Waals surface area (Å²) in [6.07, 6.45) is 3.86. The molecule has 5 nitrogen and oxygen atoms in total. The molecular formula is C24H33N3O2. The van der Waals surface area contributed by atoms with E-state index in [9.17, 15) is 4.79 Å². The normalized spacial score (nSPS) is 17.5. The summed E-state index contributed by atoms with van der Waals surface area (Å²) in [5.74, 6) is 1.21. The molecule has 1 aliphatic rings. The molecule has 0 radical (unpaired) electrons. The lowest BCUT2D eigenvalue weighted by atomic mass is 10.1. The van der Waals surface area contributed by atoms with Gasteiger partial charge in [0, 0.05) is 18.8 Å². The summed E-state index contributed by atoms with van der Waals surface area (Å²) < 4.78 is 5.64. The summed E-state index contributed by atoms with van der Waals surface area (Å²) in [7, 11) is 0. The van der Waals surface area contributed by atoms with Crippen LogP contribution in [0.4, 0.5) is 16.3 Å². The van der Waals surface area contributed by atoms with Crippen molar-refractivity contribution in [1.29, 1.82) is 0 Å². The van der Waals surface area contributed by atoms with Crippen molar-refractivity contribution in [3.63, 3.8) is 0 Å². The number of likely N-dealkylation sites (tertiary alicyclic amines) is 1. The standard InChI is InChI=1S/C24H33N3O2/c1-18(2)17-26-15-9-12-21(26)19-13-14-22(25-16-19)27(20-10-7-6-8-11-20)23(28)29-24(3,4)5/h6-8,10-11,13-14,16,18,21H,9,12,15,17H2,1-5H3/t21-/m0/s1. The van der Waals surface area contributed by atoms with E-state index in [2.05, 4.69) is 29.8 Å². The van der Waals surface area contributed by atoms with Crippen molar-refractivity contribution in [3.05, 3.63) is 54.2 Å². The molecule has 2 heterocycles. The summed E-state index contributed by atoms with van der Waals surface area (Å²) >= 11 is 0. The van der Waals surface area contributed by atoms with Gasteiger partial charge in [-0.25, -0.2) is 14.7 Å². The van der Waals surface area contributed by atoms with E-state index in [1.807, 2.05) is 63.4 Å². The van der Waals surface area contributed by atoms with Gasteiger partial charge in [-0.1, -0.05) is 38.1 Å². The molecule has 2 aromatic rings. The second kappa shape index (κ2) is 8.95. The van der Waals surface area contributed by atoms with Crippen molar-refractivity contribution in [1.82, 2.24) is 9.88 Å². The molecule has 1 amide bonds. The number of aromatic nitrogens is 1. The highest BCUT2D eigenvalue weighted by Crippen LogP contribution is 2.33. The molecular weight excluding hydrogens is 362 g/mol. The number of anilines is 2. The second-order valence-corrected chi connectivity index (χ2v) is 9.15. The van der Waals surface area contributed by atoms with E-state index in [4.69, 9.17) is 4.74 Å². The van der Waals surface area contributed by atoms with E-state index in [1.165, 1.54) is 16.9 Å². The Hall–Kier alpha value is -2.40. The van der Waals surface area contributed by atoms with Gasteiger partial charge in [-0.15, -0.1) is 0 Å². The minimum Gasteiger partial charge on any atom is -0.443 e. The van der Waals surface area contributed by atoms with Crippen LogP contribution in [0.3, 0.4) is 0 Å². The molecule has 156 valence electrons. The van der Waals surface area contributed by atoms with Gasteiger partial charge in [0.15, 0.2) is 0 Å². The molecule has 1 atom stereocenters. The zero-order valence-electron chi connectivity index (χ0n) is 18.3. The Morgan fingerprint density at radius 3 is 2.52 bits per heavy atom. The molecule has 1 fully saturated rings. The van der Waals surface area contributed by atoms with Gasteiger partial charge in [0.2, 0.25) is 0 Å². The van der Waals surface area contributed by atoms with Crippen LogP contribution in [0.1, 0.15) is 59.1 Å². The SMILES string of the molecule is CC(C)CN1CCC[C@H]1c1ccc(N(C(=O)OC(C)(C)C)c2ccccc2)nc1. The molecule has 1 aromatic heterocycles. The fourth-order valence-electron chi connectivity index (χ4n) is 3.83. The van der Waals surface area contributed by atoms with Crippen LogP contribution in [-0.4, -0.2) is 34.7 Å². The molecule has 1 aliphatic heterocycles. The molecule has 0 bridgehead atoms. The van der Waals surface area contributed by atoms with Gasteiger partial charge in [-0.05, 0) is 69.8 Å². The number of hydrogen-bond donors (Lipinski definition) is 0. The number of para-hydroxylation sites is 1. The van der Waals surface area contributed by atoms with E-state index >= 15 is 0 Å². The number of nitrogens with zero attached hydrogens (tertiary/aromatic N) is 3. The maximum absolute atomic E-state index is 12.9. The largest absolute Gasteiger partial charge is 0.443 e. The first kappa shape index (κ1) is 21.3. The molecule has 1 saturated heterocycles. The number of amides is 1. The Kier molecular flexibility index (Phi) is 6.58. The van der Waals surface area contributed by atoms with Crippen LogP contribution in [0.25, 0.3) is 0 Å². The van der Waals surface area contributed by atoms with Crippen molar-refractivity contribution in [2.24, 2.45) is 5.92 Å². The molecule has 1 aromatic carbocycles. The monoisotopic (exact) mass is 395 g/mol. The first-order chi connectivity index (χ1) is 13.7. The van der Waals surface area contributed by atoms with Crippen molar-refractivity contribution >= 4 is 17.6 Å². The summed E-state index contributed by atoms with van der Waals surface area (Å²) in [6.45, 7) is 12.4. The predicted molar refractivity (Wildman–Crippen MR) is 117 cm³/mol. The minimum atomic E-state index is -0.578. The number of benzene rings is 1. The van der Waals surface area contributed by atoms with Crippen LogP contribution in [0, 0.1) is 5.92 Å². The molecule has 0 saturated carbocycles. The fraction of sp³-hybridized carbons (Fsp3) is 0.500. The highest BCUT2D eigenvalue weighted by Gasteiger charge is 2.28. The molecule has 0 unspecified atom stereocenters. The lowest BCUT2D eigenvalue weighted by Gasteiger charge is -2.28. The predicted octanol–water partition coefficient (Wildman–Crippen LogP) is 5.95. The Bertz CT molecular complexity index is 797. The van der Waals surface area contributed by atoms with E-state index in [0.717, 1.165) is 25.2 Å². The van der Waals surface area contributed by atoms with Crippen LogP contribution < -0.4 is 4.90 Å². The fourth-order valence-corrected chi connectivity index (χ4v) is 3.83. The lowest BCUT2D eigenvalue weighted by molar-refractivity contribution is 0.0598. The van der Waals surface area contributed by atoms with Crippen LogP contribution in [0.5, 0.6) is 0 Å². The highest BCUT2D eigenvalue weighted by atomic mass is 16.6. The van der Waals surface area contributed by atoms with Gasteiger partial charge in [0.25, 0.3) is 0 Å². The summed E-state index contributed by atoms with van der Waals surface area (Å²) in [4.78, 5) is 21.7. The molecule has 0 N–H and O–H groups in total. The van der Waals surface area contributed by atoms with E-state index in [1.54, 1.807) is 0 Å². The number of rotatable bonds is 5. The summed E-state index contributed by atoms with van der Waals surface area (Å²) in [5, 5.41) is 0. The van der Waals surface area contributed by atoms with Gasteiger partial charge >= 0.3 is 6.09 Å². The topological polar surface area (TPSA) is 45.7 Å². The summed E-state index contributed by atoms with van der Waals surface area (Å²) in [6, 6.07) is 14.0. The third kappa shape index (κ3) is 5.57. The van der Waals surface area contributed by atoms with E-state index in [0.29, 0.717) is 17.8 Å². The number of pyridine rings is 1. The Labute approximate surface area is 174 Å². The van der Waals surface area contributed by atoms with E-state index < -0.39 is 11.7 Å². The Morgan fingerprint density at radius 1 is 1.21 bits per heavy atom. The molecule has 0 spiro atoms. The van der Waals surface area contributed by atoms with E-state index in [-0.39, 0.29) is 0 Å². The van der Waals surface area contributed by atoms with Crippen LogP contribution in [-0.2, 0) is 4.74 Å². The van der Waals surface area contributed by atoms with Gasteiger partial charge in [0.1, 0.15) is 11.4 Å². The van der Waals surface area contributed by atoms with Crippen LogP contribution in [0.2, 0.25) is 0 Å². The zero-order chi connectivity index (χ0) is 21.0. The number of ether oxygens (including phenoxy) is 1. The first-order valence-electron chi connectivity index (χ1n) is 10.5. The molecule has 29 heavy (non-hydrogen) atoms. The zero-order valence-corrected chi connectivity index (χ0v) is 18.3. The number of carbonyl (C=O) groups is 1. The molecule has 3 rings (SSSR count). The average Bonchev–Trinajstić information content (AvgIpc) is 3.09. The molecule has 5 heteroatoms. The van der Waals surface area contributed by atoms with Crippen molar-refractivity contribution < 1.29 is 9.53 Å². The highest BCUT2D eigenvalue weighted by molar-refractivity contribution is 5.95. The van der Waals surface area contributed by atoms with Gasteiger partial charge in [-0.3, -0.25) is 4.90 Å². The second-order valence-electron chi connectivity index (χ2n) is 9.15. The lowest BCUT2D eigenvalue weighted by Crippen LogP contribution is -2.34. The Morgan fingerprint density at radius 2 is 1.93 bits per heavy atom. The summed E-state index contributed by atoms with van der Waals surface area (Å²) in [5.41, 5.74) is 1.37. The first-order valence-corrected chi connectivity index (χ1v) is 10.5. The number of carbonyl (C=O) groups excluding carboxylic acids is 1.